The summed E-state index contributed by atoms with van der Waals surface area (Å²) < 4.78 is 6.55. The molecule has 0 fully saturated rings. The zero-order valence-corrected chi connectivity index (χ0v) is 17.0. The SMILES string of the molecule is CCOc1ccccc1-n1c(O)c(C=NCCc2c[nH]c3ccccc23)c(=O)[nH]c1=O. The number of aromatic hydroxyl groups is 1. The van der Waals surface area contributed by atoms with Crippen molar-refractivity contribution in [1.29, 1.82) is 0 Å². The number of ether oxygens (including phenoxy) is 1. The molecule has 0 aliphatic heterocycles. The molecule has 0 aliphatic rings. The number of aromatic amines is 2. The zero-order valence-electron chi connectivity index (χ0n) is 17.0. The first-order valence-electron chi connectivity index (χ1n) is 9.95. The Morgan fingerprint density at radius 2 is 1.90 bits per heavy atom. The van der Waals surface area contributed by atoms with E-state index in [2.05, 4.69) is 15.0 Å². The summed E-state index contributed by atoms with van der Waals surface area (Å²) in [6.45, 7) is 2.62. The minimum absolute atomic E-state index is 0.0928. The summed E-state index contributed by atoms with van der Waals surface area (Å²) in [5.74, 6) is -0.0755. The molecule has 31 heavy (non-hydrogen) atoms. The average Bonchev–Trinajstić information content (AvgIpc) is 3.17. The van der Waals surface area contributed by atoms with Gasteiger partial charge in [0.1, 0.15) is 11.3 Å². The molecule has 2 aromatic heterocycles. The van der Waals surface area contributed by atoms with Crippen LogP contribution in [0.1, 0.15) is 18.1 Å². The Labute approximate surface area is 177 Å². The van der Waals surface area contributed by atoms with E-state index in [0.717, 1.165) is 21.0 Å². The molecular weight excluding hydrogens is 396 g/mol. The van der Waals surface area contributed by atoms with E-state index in [1.807, 2.05) is 37.4 Å². The van der Waals surface area contributed by atoms with Gasteiger partial charge in [0.2, 0.25) is 5.88 Å². The van der Waals surface area contributed by atoms with Crippen molar-refractivity contribution in [3.63, 3.8) is 0 Å². The van der Waals surface area contributed by atoms with E-state index in [1.165, 1.54) is 6.21 Å². The Kier molecular flexibility index (Phi) is 5.70. The van der Waals surface area contributed by atoms with Crippen LogP contribution < -0.4 is 16.0 Å². The van der Waals surface area contributed by atoms with Crippen LogP contribution in [0, 0.1) is 0 Å². The molecule has 0 aliphatic carbocycles. The maximum Gasteiger partial charge on any atom is 0.335 e. The van der Waals surface area contributed by atoms with Gasteiger partial charge in [0.15, 0.2) is 0 Å². The van der Waals surface area contributed by atoms with E-state index in [4.69, 9.17) is 4.74 Å². The number of hydrogen-bond donors (Lipinski definition) is 3. The first-order chi connectivity index (χ1) is 15.1. The monoisotopic (exact) mass is 418 g/mol. The van der Waals surface area contributed by atoms with Crippen molar-refractivity contribution in [2.75, 3.05) is 13.2 Å². The minimum atomic E-state index is -0.759. The average molecular weight is 418 g/mol. The molecular formula is C23H22N4O4. The Morgan fingerprint density at radius 3 is 2.74 bits per heavy atom. The number of aliphatic imine (C=N–C) groups is 1. The molecule has 0 saturated heterocycles. The van der Waals surface area contributed by atoms with Crippen LogP contribution in [0.4, 0.5) is 0 Å². The minimum Gasteiger partial charge on any atom is -0.493 e. The second kappa shape index (κ2) is 8.74. The third-order valence-corrected chi connectivity index (χ3v) is 4.93. The molecule has 3 N–H and O–H groups in total. The van der Waals surface area contributed by atoms with Crippen molar-refractivity contribution in [2.24, 2.45) is 4.99 Å². The van der Waals surface area contributed by atoms with Crippen LogP contribution in [0.2, 0.25) is 0 Å². The van der Waals surface area contributed by atoms with Gasteiger partial charge in [-0.15, -0.1) is 0 Å². The predicted molar refractivity (Wildman–Crippen MR) is 120 cm³/mol. The highest BCUT2D eigenvalue weighted by molar-refractivity contribution is 5.84. The van der Waals surface area contributed by atoms with Crippen molar-refractivity contribution in [3.05, 3.63) is 86.7 Å². The van der Waals surface area contributed by atoms with E-state index in [-0.39, 0.29) is 5.56 Å². The van der Waals surface area contributed by atoms with Gasteiger partial charge < -0.3 is 14.8 Å². The number of fused-ring (bicyclic) bond motifs is 1. The summed E-state index contributed by atoms with van der Waals surface area (Å²) in [6, 6.07) is 14.8. The zero-order chi connectivity index (χ0) is 21.8. The second-order valence-electron chi connectivity index (χ2n) is 6.88. The molecule has 0 saturated carbocycles. The van der Waals surface area contributed by atoms with Gasteiger partial charge in [-0.25, -0.2) is 9.36 Å². The maximum atomic E-state index is 12.4. The Balaban J connectivity index is 1.63. The third-order valence-electron chi connectivity index (χ3n) is 4.93. The smallest absolute Gasteiger partial charge is 0.335 e. The van der Waals surface area contributed by atoms with Crippen LogP contribution in [0.3, 0.4) is 0 Å². The third kappa shape index (κ3) is 4.00. The van der Waals surface area contributed by atoms with Crippen LogP contribution in [-0.4, -0.2) is 39.0 Å². The van der Waals surface area contributed by atoms with E-state index in [9.17, 15) is 14.7 Å². The lowest BCUT2D eigenvalue weighted by molar-refractivity contribution is 0.336. The molecule has 0 bridgehead atoms. The molecule has 0 amide bonds. The van der Waals surface area contributed by atoms with Crippen molar-refractivity contribution >= 4 is 17.1 Å². The van der Waals surface area contributed by atoms with E-state index < -0.39 is 17.1 Å². The van der Waals surface area contributed by atoms with Crippen molar-refractivity contribution < 1.29 is 9.84 Å². The van der Waals surface area contributed by atoms with Gasteiger partial charge in [0.25, 0.3) is 5.56 Å². The predicted octanol–water partition coefficient (Wildman–Crippen LogP) is 2.77. The van der Waals surface area contributed by atoms with Crippen LogP contribution >= 0.6 is 0 Å². The molecule has 2 aromatic carbocycles. The normalized spacial score (nSPS) is 11.4. The summed E-state index contributed by atoms with van der Waals surface area (Å²) in [7, 11) is 0. The van der Waals surface area contributed by atoms with Gasteiger partial charge in [0.05, 0.1) is 12.3 Å². The number of H-pyrrole nitrogens is 2. The summed E-state index contributed by atoms with van der Waals surface area (Å²) in [6.07, 6.45) is 3.89. The van der Waals surface area contributed by atoms with Crippen LogP contribution in [0.15, 0.2) is 69.3 Å². The van der Waals surface area contributed by atoms with Crippen molar-refractivity contribution in [1.82, 2.24) is 14.5 Å². The number of hydrogen-bond acceptors (Lipinski definition) is 5. The highest BCUT2D eigenvalue weighted by Gasteiger charge is 2.17. The summed E-state index contributed by atoms with van der Waals surface area (Å²) in [5.41, 5.74) is 0.938. The quantitative estimate of drug-likeness (QED) is 0.401. The number of para-hydroxylation sites is 3. The molecule has 0 unspecified atom stereocenters. The Morgan fingerprint density at radius 1 is 1.13 bits per heavy atom. The lowest BCUT2D eigenvalue weighted by atomic mass is 10.1. The lowest BCUT2D eigenvalue weighted by Gasteiger charge is -2.13. The first kappa shape index (κ1) is 20.2. The number of rotatable bonds is 7. The topological polar surface area (TPSA) is 112 Å². The Bertz CT molecular complexity index is 1360. The molecule has 0 radical (unpaired) electrons. The summed E-state index contributed by atoms with van der Waals surface area (Å²) in [4.78, 5) is 34.5. The van der Waals surface area contributed by atoms with Gasteiger partial charge in [-0.3, -0.25) is 14.8 Å². The Hall–Kier alpha value is -4.07. The fourth-order valence-corrected chi connectivity index (χ4v) is 3.48. The van der Waals surface area contributed by atoms with Crippen LogP contribution in [0.25, 0.3) is 16.6 Å². The lowest BCUT2D eigenvalue weighted by Crippen LogP contribution is -2.31. The molecule has 4 aromatic rings. The molecule has 8 nitrogen and oxygen atoms in total. The van der Waals surface area contributed by atoms with Gasteiger partial charge >= 0.3 is 5.69 Å². The van der Waals surface area contributed by atoms with Gasteiger partial charge in [-0.05, 0) is 37.1 Å². The number of nitrogens with one attached hydrogen (secondary N) is 2. The van der Waals surface area contributed by atoms with Gasteiger partial charge in [-0.2, -0.15) is 0 Å². The van der Waals surface area contributed by atoms with Gasteiger partial charge in [-0.1, -0.05) is 30.3 Å². The molecule has 2 heterocycles. The van der Waals surface area contributed by atoms with Crippen LogP contribution in [0.5, 0.6) is 11.6 Å². The van der Waals surface area contributed by atoms with Gasteiger partial charge in [0, 0.05) is 29.9 Å². The number of aromatic nitrogens is 3. The van der Waals surface area contributed by atoms with Crippen LogP contribution in [-0.2, 0) is 6.42 Å². The van der Waals surface area contributed by atoms with E-state index in [1.54, 1.807) is 24.3 Å². The van der Waals surface area contributed by atoms with Crippen molar-refractivity contribution in [2.45, 2.75) is 13.3 Å². The summed E-state index contributed by atoms with van der Waals surface area (Å²) in [5, 5.41) is 11.8. The molecule has 0 spiro atoms. The molecule has 4 rings (SSSR count). The highest BCUT2D eigenvalue weighted by atomic mass is 16.5. The maximum absolute atomic E-state index is 12.4. The molecule has 8 heteroatoms. The number of benzene rings is 2. The molecule has 0 atom stereocenters. The standard InChI is InChI=1S/C23H22N4O4/c1-2-31-20-10-6-5-9-19(20)27-22(29)17(21(28)26-23(27)30)14-24-12-11-15-13-25-18-8-4-3-7-16(15)18/h3-10,13-14,25,29H,2,11-12H2,1H3,(H,26,28,30). The fourth-order valence-electron chi connectivity index (χ4n) is 3.48. The van der Waals surface area contributed by atoms with Crippen molar-refractivity contribution in [3.8, 4) is 17.3 Å². The fraction of sp³-hybridized carbons (Fsp3) is 0.174. The summed E-state index contributed by atoms with van der Waals surface area (Å²) >= 11 is 0. The second-order valence-corrected chi connectivity index (χ2v) is 6.88. The first-order valence-corrected chi connectivity index (χ1v) is 9.95. The number of nitrogens with zero attached hydrogens (tertiary/aromatic N) is 2. The largest absolute Gasteiger partial charge is 0.493 e. The van der Waals surface area contributed by atoms with E-state index >= 15 is 0 Å². The van der Waals surface area contributed by atoms with E-state index in [0.29, 0.717) is 31.0 Å². The highest BCUT2D eigenvalue weighted by Crippen LogP contribution is 2.25. The molecule has 158 valence electrons.